The van der Waals surface area contributed by atoms with E-state index in [1.807, 2.05) is 30.3 Å². The first kappa shape index (κ1) is 20.9. The summed E-state index contributed by atoms with van der Waals surface area (Å²) in [5.74, 6) is 0.754. The van der Waals surface area contributed by atoms with Gasteiger partial charge >= 0.3 is 5.97 Å². The summed E-state index contributed by atoms with van der Waals surface area (Å²) in [4.78, 5) is 13.3. The van der Waals surface area contributed by atoms with Crippen LogP contribution in [-0.4, -0.2) is 31.1 Å². The number of ether oxygens (including phenoxy) is 3. The molecule has 0 aromatic heterocycles. The van der Waals surface area contributed by atoms with Crippen LogP contribution in [0, 0.1) is 28.6 Å². The van der Waals surface area contributed by atoms with Crippen LogP contribution in [-0.2, 0) is 14.2 Å². The van der Waals surface area contributed by atoms with Crippen LogP contribution < -0.4 is 0 Å². The maximum atomic E-state index is 13.3. The van der Waals surface area contributed by atoms with E-state index < -0.39 is 5.79 Å². The molecule has 6 atom stereocenters. The summed E-state index contributed by atoms with van der Waals surface area (Å²) in [5.41, 5.74) is 2.28. The van der Waals surface area contributed by atoms with E-state index in [0.717, 1.165) is 25.7 Å². The summed E-state index contributed by atoms with van der Waals surface area (Å²) < 4.78 is 19.2. The third-order valence-corrected chi connectivity index (χ3v) is 10.00. The number of allylic oxidation sites excluding steroid dienone is 2. The topological polar surface area (TPSA) is 44.8 Å². The standard InChI is InChI=1S/C28H36O4/c1-26-14-7-6-10-20(26)11-12-21-22-13-15-28(30-16-17-31-28)27(22,2)18-23(24(21)26)32-25(29)19-8-4-3-5-9-19/h3-5,8-9,11,21-24H,6-7,10,12-18H2,1-2H3/t21?,22?,23-,24?,26-,27-/m0/s1. The van der Waals surface area contributed by atoms with Gasteiger partial charge in [0, 0.05) is 17.8 Å². The average Bonchev–Trinajstić information content (AvgIpc) is 3.39. The molecule has 3 saturated carbocycles. The van der Waals surface area contributed by atoms with Crippen molar-refractivity contribution < 1.29 is 19.0 Å². The highest BCUT2D eigenvalue weighted by Gasteiger charge is 2.69. The molecule has 0 radical (unpaired) electrons. The molecule has 1 aliphatic heterocycles. The molecule has 1 aromatic rings. The predicted molar refractivity (Wildman–Crippen MR) is 122 cm³/mol. The minimum Gasteiger partial charge on any atom is -0.458 e. The molecule has 1 spiro atoms. The number of carbonyl (C=O) groups is 1. The monoisotopic (exact) mass is 436 g/mol. The molecule has 4 heteroatoms. The minimum absolute atomic E-state index is 0.108. The molecule has 172 valence electrons. The lowest BCUT2D eigenvalue weighted by Gasteiger charge is -2.60. The number of fused-ring (bicyclic) bond motifs is 6. The van der Waals surface area contributed by atoms with Crippen LogP contribution in [0.3, 0.4) is 0 Å². The molecule has 4 fully saturated rings. The SMILES string of the molecule is C[C@]12CCCCC1=CCC1C2[C@@H](OC(=O)c2ccccc2)C[C@@]2(C)C1CCC21OCCO1. The van der Waals surface area contributed by atoms with Crippen molar-refractivity contribution in [1.29, 1.82) is 0 Å². The Morgan fingerprint density at radius 2 is 1.84 bits per heavy atom. The molecule has 0 N–H and O–H groups in total. The Hall–Kier alpha value is -1.65. The van der Waals surface area contributed by atoms with Gasteiger partial charge in [0.2, 0.25) is 0 Å². The molecular weight excluding hydrogens is 400 g/mol. The number of hydrogen-bond acceptors (Lipinski definition) is 4. The van der Waals surface area contributed by atoms with Gasteiger partial charge in [0.1, 0.15) is 6.10 Å². The zero-order chi connectivity index (χ0) is 22.0. The molecule has 1 saturated heterocycles. The number of esters is 1. The quantitative estimate of drug-likeness (QED) is 0.426. The second kappa shape index (κ2) is 7.43. The maximum Gasteiger partial charge on any atom is 0.338 e. The molecule has 1 aromatic carbocycles. The first-order valence-corrected chi connectivity index (χ1v) is 12.7. The van der Waals surface area contributed by atoms with Crippen molar-refractivity contribution in [3.8, 4) is 0 Å². The average molecular weight is 437 g/mol. The Balaban J connectivity index is 1.40. The second-order valence-corrected chi connectivity index (χ2v) is 11.3. The highest BCUT2D eigenvalue weighted by Crippen LogP contribution is 2.69. The Kier molecular flexibility index (Phi) is 4.86. The van der Waals surface area contributed by atoms with E-state index in [-0.39, 0.29) is 22.9 Å². The smallest absolute Gasteiger partial charge is 0.338 e. The molecular formula is C28H36O4. The molecule has 3 unspecified atom stereocenters. The Morgan fingerprint density at radius 3 is 2.62 bits per heavy atom. The molecule has 32 heavy (non-hydrogen) atoms. The first-order valence-electron chi connectivity index (χ1n) is 12.7. The molecule has 1 heterocycles. The third kappa shape index (κ3) is 2.84. The first-order chi connectivity index (χ1) is 15.5. The van der Waals surface area contributed by atoms with Crippen molar-refractivity contribution in [2.75, 3.05) is 13.2 Å². The molecule has 6 rings (SSSR count). The fourth-order valence-electron chi connectivity index (χ4n) is 8.56. The molecule has 0 bridgehead atoms. The third-order valence-electron chi connectivity index (χ3n) is 10.00. The van der Waals surface area contributed by atoms with Crippen molar-refractivity contribution in [2.24, 2.45) is 28.6 Å². The van der Waals surface area contributed by atoms with Gasteiger partial charge in [-0.1, -0.05) is 50.1 Å². The zero-order valence-corrected chi connectivity index (χ0v) is 19.5. The van der Waals surface area contributed by atoms with E-state index in [0.29, 0.717) is 36.5 Å². The van der Waals surface area contributed by atoms with E-state index in [1.54, 1.807) is 5.57 Å². The van der Waals surface area contributed by atoms with Gasteiger partial charge in [0.15, 0.2) is 5.79 Å². The molecule has 0 amide bonds. The van der Waals surface area contributed by atoms with Crippen LogP contribution in [0.1, 0.15) is 75.6 Å². The van der Waals surface area contributed by atoms with Crippen molar-refractivity contribution in [2.45, 2.75) is 77.1 Å². The van der Waals surface area contributed by atoms with Crippen LogP contribution in [0.2, 0.25) is 0 Å². The van der Waals surface area contributed by atoms with Crippen molar-refractivity contribution in [1.82, 2.24) is 0 Å². The van der Waals surface area contributed by atoms with Gasteiger partial charge in [-0.05, 0) is 67.9 Å². The van der Waals surface area contributed by atoms with Crippen molar-refractivity contribution in [3.05, 3.63) is 47.5 Å². The summed E-state index contributed by atoms with van der Waals surface area (Å²) in [6, 6.07) is 9.49. The van der Waals surface area contributed by atoms with E-state index in [1.165, 1.54) is 25.7 Å². The van der Waals surface area contributed by atoms with Gasteiger partial charge in [-0.15, -0.1) is 0 Å². The molecule has 4 nitrogen and oxygen atoms in total. The second-order valence-electron chi connectivity index (χ2n) is 11.3. The summed E-state index contributed by atoms with van der Waals surface area (Å²) >= 11 is 0. The summed E-state index contributed by atoms with van der Waals surface area (Å²) in [6.45, 7) is 6.17. The minimum atomic E-state index is -0.502. The highest BCUT2D eigenvalue weighted by atomic mass is 16.7. The Labute approximate surface area is 191 Å². The number of rotatable bonds is 2. The lowest BCUT2D eigenvalue weighted by atomic mass is 9.47. The zero-order valence-electron chi connectivity index (χ0n) is 19.5. The van der Waals surface area contributed by atoms with Crippen LogP contribution in [0.5, 0.6) is 0 Å². The van der Waals surface area contributed by atoms with Crippen LogP contribution in [0.15, 0.2) is 42.0 Å². The van der Waals surface area contributed by atoms with E-state index in [4.69, 9.17) is 14.2 Å². The van der Waals surface area contributed by atoms with E-state index in [9.17, 15) is 4.79 Å². The van der Waals surface area contributed by atoms with Crippen molar-refractivity contribution >= 4 is 5.97 Å². The number of benzene rings is 1. The van der Waals surface area contributed by atoms with Gasteiger partial charge < -0.3 is 14.2 Å². The number of hydrogen-bond donors (Lipinski definition) is 0. The van der Waals surface area contributed by atoms with Crippen molar-refractivity contribution in [3.63, 3.8) is 0 Å². The lowest BCUT2D eigenvalue weighted by molar-refractivity contribution is -0.255. The van der Waals surface area contributed by atoms with E-state index in [2.05, 4.69) is 19.9 Å². The van der Waals surface area contributed by atoms with Gasteiger partial charge in [-0.2, -0.15) is 0 Å². The van der Waals surface area contributed by atoms with Gasteiger partial charge in [-0.25, -0.2) is 4.79 Å². The van der Waals surface area contributed by atoms with Gasteiger partial charge in [0.05, 0.1) is 18.8 Å². The van der Waals surface area contributed by atoms with Crippen LogP contribution >= 0.6 is 0 Å². The largest absolute Gasteiger partial charge is 0.458 e. The van der Waals surface area contributed by atoms with Crippen LogP contribution in [0.4, 0.5) is 0 Å². The normalized spacial score (nSPS) is 42.0. The summed E-state index contributed by atoms with van der Waals surface area (Å²) in [6.07, 6.45) is 11.5. The Bertz CT molecular complexity index is 917. The Morgan fingerprint density at radius 1 is 1.06 bits per heavy atom. The van der Waals surface area contributed by atoms with Crippen LogP contribution in [0.25, 0.3) is 0 Å². The van der Waals surface area contributed by atoms with E-state index >= 15 is 0 Å². The molecule has 5 aliphatic rings. The summed E-state index contributed by atoms with van der Waals surface area (Å²) in [7, 11) is 0. The fourth-order valence-corrected chi connectivity index (χ4v) is 8.56. The lowest BCUT2D eigenvalue weighted by Crippen LogP contribution is -2.60. The fraction of sp³-hybridized carbons (Fsp3) is 0.679. The van der Waals surface area contributed by atoms with Gasteiger partial charge in [0.25, 0.3) is 0 Å². The predicted octanol–water partition coefficient (Wildman–Crippen LogP) is 5.92. The number of carbonyl (C=O) groups excluding carboxylic acids is 1. The summed E-state index contributed by atoms with van der Waals surface area (Å²) in [5, 5.41) is 0. The van der Waals surface area contributed by atoms with Gasteiger partial charge in [-0.3, -0.25) is 0 Å². The highest BCUT2D eigenvalue weighted by molar-refractivity contribution is 5.89. The molecule has 4 aliphatic carbocycles. The maximum absolute atomic E-state index is 13.3.